The molecule has 0 saturated heterocycles. The summed E-state index contributed by atoms with van der Waals surface area (Å²) in [6.07, 6.45) is 0. The number of pyridine rings is 1. The molecule has 2 aliphatic rings. The summed E-state index contributed by atoms with van der Waals surface area (Å²) < 4.78 is 13.1. The molecule has 116 valence electrons. The highest BCUT2D eigenvalue weighted by molar-refractivity contribution is 6.18. The van der Waals surface area contributed by atoms with Crippen LogP contribution in [0.3, 0.4) is 0 Å². The van der Waals surface area contributed by atoms with E-state index in [9.17, 15) is 9.18 Å². The molecule has 0 saturated carbocycles. The van der Waals surface area contributed by atoms with Crippen LogP contribution in [0.2, 0.25) is 0 Å². The number of hydrogen-bond acceptors (Lipinski definition) is 4. The van der Waals surface area contributed by atoms with E-state index < -0.39 is 0 Å². The third kappa shape index (κ3) is 2.27. The Labute approximate surface area is 133 Å². The monoisotopic (exact) mass is 310 g/mol. The zero-order valence-corrected chi connectivity index (χ0v) is 12.7. The molecule has 6 heteroatoms. The van der Waals surface area contributed by atoms with E-state index in [4.69, 9.17) is 0 Å². The summed E-state index contributed by atoms with van der Waals surface area (Å²) in [6.45, 7) is 3.56. The lowest BCUT2D eigenvalue weighted by Crippen LogP contribution is -2.50. The first-order valence-corrected chi connectivity index (χ1v) is 7.49. The number of benzene rings is 1. The number of hydrogen-bond donors (Lipinski definition) is 0. The third-order valence-electron chi connectivity index (χ3n) is 4.06. The molecule has 0 bridgehead atoms. The Kier molecular flexibility index (Phi) is 3.11. The van der Waals surface area contributed by atoms with E-state index >= 15 is 0 Å². The lowest BCUT2D eigenvalue weighted by molar-refractivity contribution is 0.0851. The number of carbonyl (C=O) groups excluding carboxylic acids is 1. The summed E-state index contributed by atoms with van der Waals surface area (Å²) in [5, 5.41) is 0. The molecule has 2 aromatic rings. The number of aryl methyl sites for hydroxylation is 1. The average Bonchev–Trinajstić information content (AvgIpc) is 3.03. The van der Waals surface area contributed by atoms with Crippen LogP contribution in [0.1, 0.15) is 21.6 Å². The first kappa shape index (κ1) is 13.9. The summed E-state index contributed by atoms with van der Waals surface area (Å²) in [7, 11) is 0. The Morgan fingerprint density at radius 1 is 1.17 bits per heavy atom. The zero-order valence-electron chi connectivity index (χ0n) is 12.7. The van der Waals surface area contributed by atoms with Crippen LogP contribution in [0.25, 0.3) is 0 Å². The SMILES string of the molecule is Cc1ccc2c(n1)N(Cc1ccc(F)cc1)C1=NCCN1C2=O. The summed E-state index contributed by atoms with van der Waals surface area (Å²) in [4.78, 5) is 25.2. The number of carbonyl (C=O) groups is 1. The van der Waals surface area contributed by atoms with Gasteiger partial charge in [-0.3, -0.25) is 19.6 Å². The predicted molar refractivity (Wildman–Crippen MR) is 84.9 cm³/mol. The maximum atomic E-state index is 13.1. The largest absolute Gasteiger partial charge is 0.291 e. The number of aromatic nitrogens is 1. The molecule has 0 radical (unpaired) electrons. The van der Waals surface area contributed by atoms with Crippen molar-refractivity contribution < 1.29 is 9.18 Å². The smallest absolute Gasteiger partial charge is 0.264 e. The Morgan fingerprint density at radius 3 is 2.74 bits per heavy atom. The van der Waals surface area contributed by atoms with Gasteiger partial charge in [0.1, 0.15) is 11.6 Å². The van der Waals surface area contributed by atoms with Crippen LogP contribution in [0, 0.1) is 12.7 Å². The molecule has 1 amide bonds. The van der Waals surface area contributed by atoms with Gasteiger partial charge in [0.2, 0.25) is 5.96 Å². The molecule has 5 nitrogen and oxygen atoms in total. The molecule has 0 fully saturated rings. The van der Waals surface area contributed by atoms with E-state index in [0.29, 0.717) is 37.0 Å². The molecule has 0 spiro atoms. The van der Waals surface area contributed by atoms with E-state index in [2.05, 4.69) is 9.98 Å². The minimum atomic E-state index is -0.267. The lowest BCUT2D eigenvalue weighted by Gasteiger charge is -2.35. The van der Waals surface area contributed by atoms with Gasteiger partial charge in [0.25, 0.3) is 5.91 Å². The molecule has 1 aromatic heterocycles. The molecular formula is C17H15FN4O. The second-order valence-electron chi connectivity index (χ2n) is 5.67. The highest BCUT2D eigenvalue weighted by Gasteiger charge is 2.38. The Hall–Kier alpha value is -2.76. The van der Waals surface area contributed by atoms with Crippen LogP contribution in [0.4, 0.5) is 10.2 Å². The standard InChI is InChI=1S/C17H15FN4O/c1-11-2-7-14-15(20-11)22(10-12-3-5-13(18)6-4-12)17-19-8-9-21(17)16(14)23/h2-7H,8-10H2,1H3. The van der Waals surface area contributed by atoms with E-state index in [0.717, 1.165) is 11.3 Å². The molecule has 0 unspecified atom stereocenters. The Morgan fingerprint density at radius 2 is 1.96 bits per heavy atom. The van der Waals surface area contributed by atoms with Crippen LogP contribution in [0.5, 0.6) is 0 Å². The fraction of sp³-hybridized carbons (Fsp3) is 0.235. The van der Waals surface area contributed by atoms with Crippen molar-refractivity contribution in [3.63, 3.8) is 0 Å². The van der Waals surface area contributed by atoms with Crippen LogP contribution < -0.4 is 4.90 Å². The molecule has 0 atom stereocenters. The van der Waals surface area contributed by atoms with Crippen molar-refractivity contribution in [3.05, 3.63) is 59.0 Å². The molecule has 0 N–H and O–H groups in total. The summed E-state index contributed by atoms with van der Waals surface area (Å²) in [6, 6.07) is 9.99. The van der Waals surface area contributed by atoms with Gasteiger partial charge in [-0.05, 0) is 36.8 Å². The minimum Gasteiger partial charge on any atom is -0.291 e. The number of fused-ring (bicyclic) bond motifs is 2. The van der Waals surface area contributed by atoms with Gasteiger partial charge in [-0.1, -0.05) is 12.1 Å². The predicted octanol–water partition coefficient (Wildman–Crippen LogP) is 2.36. The van der Waals surface area contributed by atoms with Gasteiger partial charge in [0.05, 0.1) is 18.7 Å². The van der Waals surface area contributed by atoms with Crippen molar-refractivity contribution in [1.82, 2.24) is 9.88 Å². The maximum absolute atomic E-state index is 13.1. The van der Waals surface area contributed by atoms with Crippen molar-refractivity contribution in [3.8, 4) is 0 Å². The number of nitrogens with zero attached hydrogens (tertiary/aromatic N) is 4. The number of aliphatic imine (C=N–C) groups is 1. The number of rotatable bonds is 2. The van der Waals surface area contributed by atoms with Gasteiger partial charge in [0.15, 0.2) is 0 Å². The first-order valence-electron chi connectivity index (χ1n) is 7.49. The van der Waals surface area contributed by atoms with E-state index in [1.807, 2.05) is 24.0 Å². The fourth-order valence-corrected chi connectivity index (χ4v) is 2.93. The van der Waals surface area contributed by atoms with Crippen molar-refractivity contribution >= 4 is 17.7 Å². The Balaban J connectivity index is 1.80. The van der Waals surface area contributed by atoms with Crippen LogP contribution >= 0.6 is 0 Å². The summed E-state index contributed by atoms with van der Waals surface area (Å²) in [5.74, 6) is 0.928. The van der Waals surface area contributed by atoms with Crippen LogP contribution in [-0.2, 0) is 6.54 Å². The number of guanidine groups is 1. The Bertz CT molecular complexity index is 816. The normalized spacial score (nSPS) is 16.3. The first-order chi connectivity index (χ1) is 11.1. The maximum Gasteiger partial charge on any atom is 0.264 e. The van der Waals surface area contributed by atoms with E-state index in [1.165, 1.54) is 12.1 Å². The number of amides is 1. The fourth-order valence-electron chi connectivity index (χ4n) is 2.93. The second kappa shape index (κ2) is 5.15. The van der Waals surface area contributed by atoms with Gasteiger partial charge < -0.3 is 0 Å². The van der Waals surface area contributed by atoms with Crippen LogP contribution in [0.15, 0.2) is 41.4 Å². The molecular weight excluding hydrogens is 295 g/mol. The second-order valence-corrected chi connectivity index (χ2v) is 5.67. The van der Waals surface area contributed by atoms with Gasteiger partial charge >= 0.3 is 0 Å². The molecule has 3 heterocycles. The number of halogens is 1. The van der Waals surface area contributed by atoms with Gasteiger partial charge in [0, 0.05) is 12.2 Å². The van der Waals surface area contributed by atoms with Crippen molar-refractivity contribution in [2.75, 3.05) is 18.0 Å². The number of anilines is 1. The highest BCUT2D eigenvalue weighted by Crippen LogP contribution is 2.30. The van der Waals surface area contributed by atoms with Crippen molar-refractivity contribution in [2.45, 2.75) is 13.5 Å². The van der Waals surface area contributed by atoms with Crippen LogP contribution in [-0.4, -0.2) is 34.8 Å². The molecule has 0 aliphatic carbocycles. The summed E-state index contributed by atoms with van der Waals surface area (Å²) >= 11 is 0. The van der Waals surface area contributed by atoms with Gasteiger partial charge in [-0.25, -0.2) is 9.37 Å². The molecule has 4 rings (SSSR count). The third-order valence-corrected chi connectivity index (χ3v) is 4.06. The quantitative estimate of drug-likeness (QED) is 0.855. The van der Waals surface area contributed by atoms with Gasteiger partial charge in [-0.15, -0.1) is 0 Å². The lowest BCUT2D eigenvalue weighted by atomic mass is 10.1. The molecule has 23 heavy (non-hydrogen) atoms. The molecule has 1 aromatic carbocycles. The summed E-state index contributed by atoms with van der Waals surface area (Å²) in [5.41, 5.74) is 2.36. The van der Waals surface area contributed by atoms with E-state index in [-0.39, 0.29) is 11.7 Å². The minimum absolute atomic E-state index is 0.0564. The van der Waals surface area contributed by atoms with Crippen molar-refractivity contribution in [2.24, 2.45) is 4.99 Å². The zero-order chi connectivity index (χ0) is 16.0. The molecule has 2 aliphatic heterocycles. The average molecular weight is 310 g/mol. The van der Waals surface area contributed by atoms with Gasteiger partial charge in [-0.2, -0.15) is 0 Å². The highest BCUT2D eigenvalue weighted by atomic mass is 19.1. The topological polar surface area (TPSA) is 48.8 Å². The van der Waals surface area contributed by atoms with Crippen molar-refractivity contribution in [1.29, 1.82) is 0 Å². The van der Waals surface area contributed by atoms with E-state index in [1.54, 1.807) is 17.0 Å².